The van der Waals surface area contributed by atoms with Crippen molar-refractivity contribution in [1.29, 1.82) is 5.26 Å². The van der Waals surface area contributed by atoms with Crippen molar-refractivity contribution in [2.75, 3.05) is 34.8 Å². The number of carbonyl (C=O) groups is 1. The molecule has 3 N–H and O–H groups in total. The van der Waals surface area contributed by atoms with Gasteiger partial charge in [0.25, 0.3) is 0 Å². The Morgan fingerprint density at radius 1 is 1.04 bits per heavy atom. The third-order valence-electron chi connectivity index (χ3n) is 8.90. The molecule has 1 aromatic carbocycles. The number of urea groups is 1. The second-order valence-corrected chi connectivity index (χ2v) is 12.2. The van der Waals surface area contributed by atoms with Gasteiger partial charge in [-0.2, -0.15) is 15.3 Å². The number of aliphatic hydroxyl groups excluding tert-OH is 1. The molecule has 1 aliphatic heterocycles. The lowest BCUT2D eigenvalue weighted by Gasteiger charge is -2.36. The van der Waals surface area contributed by atoms with Crippen molar-refractivity contribution in [1.82, 2.24) is 30.0 Å². The van der Waals surface area contributed by atoms with Crippen LogP contribution in [0.4, 0.5) is 22.4 Å². The number of aliphatic hydroxyl groups is 1. The number of anilines is 3. The summed E-state index contributed by atoms with van der Waals surface area (Å²) in [5.41, 5.74) is 3.37. The van der Waals surface area contributed by atoms with Crippen LogP contribution in [0.15, 0.2) is 67.3 Å². The van der Waals surface area contributed by atoms with Crippen LogP contribution in [-0.4, -0.2) is 67.7 Å². The third-order valence-corrected chi connectivity index (χ3v) is 8.90. The number of aromatic nitrogens is 5. The molecule has 1 unspecified atom stereocenters. The van der Waals surface area contributed by atoms with Crippen molar-refractivity contribution in [2.24, 2.45) is 13.0 Å². The molecule has 6 rings (SSSR count). The van der Waals surface area contributed by atoms with E-state index in [2.05, 4.69) is 31.7 Å². The molecule has 0 bridgehead atoms. The highest BCUT2D eigenvalue weighted by Crippen LogP contribution is 2.30. The van der Waals surface area contributed by atoms with Crippen molar-refractivity contribution < 1.29 is 9.90 Å². The number of aryl methyl sites for hydroxylation is 1. The Kier molecular flexibility index (Phi) is 9.69. The van der Waals surface area contributed by atoms with Gasteiger partial charge in [0.05, 0.1) is 12.4 Å². The van der Waals surface area contributed by atoms with Crippen molar-refractivity contribution in [3.63, 3.8) is 0 Å². The maximum atomic E-state index is 13.7. The zero-order valence-electron chi connectivity index (χ0n) is 26.1. The highest BCUT2D eigenvalue weighted by Gasteiger charge is 2.31. The zero-order chi connectivity index (χ0) is 31.9. The van der Waals surface area contributed by atoms with Gasteiger partial charge >= 0.3 is 6.03 Å². The third kappa shape index (κ3) is 7.26. The lowest BCUT2D eigenvalue weighted by atomic mass is 9.90. The van der Waals surface area contributed by atoms with Crippen LogP contribution in [-0.2, 0) is 13.6 Å². The number of hydrogen-bond acceptors (Lipinski definition) is 9. The Hall–Kier alpha value is -5.02. The van der Waals surface area contributed by atoms with Crippen LogP contribution in [0.5, 0.6) is 0 Å². The molecule has 1 saturated heterocycles. The fourth-order valence-electron chi connectivity index (χ4n) is 6.41. The lowest BCUT2D eigenvalue weighted by Crippen LogP contribution is -2.49. The van der Waals surface area contributed by atoms with Crippen molar-refractivity contribution in [3.8, 4) is 17.2 Å². The molecule has 1 aliphatic carbocycles. The number of amides is 2. The fraction of sp³-hybridized carbons (Fsp3) is 0.412. The Balaban J connectivity index is 1.15. The molecule has 2 aliphatic rings. The minimum absolute atomic E-state index is 0.0354. The Labute approximate surface area is 269 Å². The summed E-state index contributed by atoms with van der Waals surface area (Å²) in [7, 11) is 1.88. The van der Waals surface area contributed by atoms with E-state index in [0.29, 0.717) is 36.2 Å². The van der Waals surface area contributed by atoms with E-state index in [1.165, 1.54) is 0 Å². The highest BCUT2D eigenvalue weighted by atomic mass is 16.3. The summed E-state index contributed by atoms with van der Waals surface area (Å²) in [6.45, 7) is 2.02. The summed E-state index contributed by atoms with van der Waals surface area (Å²) in [5.74, 6) is 1.90. The average Bonchev–Trinajstić information content (AvgIpc) is 3.55. The predicted molar refractivity (Wildman–Crippen MR) is 176 cm³/mol. The molecule has 4 aromatic rings. The van der Waals surface area contributed by atoms with Crippen LogP contribution in [0.3, 0.4) is 0 Å². The molecule has 1 saturated carbocycles. The quantitative estimate of drug-likeness (QED) is 0.246. The summed E-state index contributed by atoms with van der Waals surface area (Å²) in [4.78, 5) is 31.5. The van der Waals surface area contributed by atoms with E-state index in [0.717, 1.165) is 61.8 Å². The number of nitriles is 1. The van der Waals surface area contributed by atoms with Gasteiger partial charge in [-0.3, -0.25) is 9.58 Å². The summed E-state index contributed by atoms with van der Waals surface area (Å²) in [6, 6.07) is 15.9. The van der Waals surface area contributed by atoms with Gasteiger partial charge < -0.3 is 20.6 Å². The van der Waals surface area contributed by atoms with E-state index in [1.54, 1.807) is 28.2 Å². The summed E-state index contributed by atoms with van der Waals surface area (Å²) >= 11 is 0. The fourth-order valence-corrected chi connectivity index (χ4v) is 6.41. The summed E-state index contributed by atoms with van der Waals surface area (Å²) in [6.07, 6.45) is 12.2. The number of piperidine rings is 1. The van der Waals surface area contributed by atoms with E-state index in [1.807, 2.05) is 55.7 Å². The molecule has 2 amide bonds. The van der Waals surface area contributed by atoms with Gasteiger partial charge in [0, 0.05) is 68.9 Å². The second-order valence-electron chi connectivity index (χ2n) is 12.2. The van der Waals surface area contributed by atoms with Crippen LogP contribution in [0.2, 0.25) is 0 Å². The minimum Gasteiger partial charge on any atom is -0.396 e. The van der Waals surface area contributed by atoms with Gasteiger partial charge in [-0.25, -0.2) is 14.8 Å². The number of hydrogen-bond donors (Lipinski definition) is 3. The number of carbonyl (C=O) groups excluding carboxylic acids is 1. The Morgan fingerprint density at radius 3 is 2.57 bits per heavy atom. The molecule has 238 valence electrons. The summed E-state index contributed by atoms with van der Waals surface area (Å²) in [5, 5.41) is 30.3. The topological polar surface area (TPSA) is 148 Å². The maximum absolute atomic E-state index is 13.7. The van der Waals surface area contributed by atoms with E-state index in [4.69, 9.17) is 9.97 Å². The molecular weight excluding hydrogens is 580 g/mol. The summed E-state index contributed by atoms with van der Waals surface area (Å²) < 4.78 is 1.75. The van der Waals surface area contributed by atoms with Crippen molar-refractivity contribution in [3.05, 3.63) is 78.4 Å². The number of nitrogens with zero attached hydrogens (tertiary/aromatic N) is 8. The van der Waals surface area contributed by atoms with Gasteiger partial charge in [-0.05, 0) is 62.1 Å². The van der Waals surface area contributed by atoms with Crippen LogP contribution >= 0.6 is 0 Å². The van der Waals surface area contributed by atoms with E-state index in [-0.39, 0.29) is 30.6 Å². The smallest absolute Gasteiger partial charge is 0.323 e. The Bertz CT molecular complexity index is 1640. The number of pyridine rings is 1. The molecule has 1 atom stereocenters. The molecule has 46 heavy (non-hydrogen) atoms. The molecule has 0 radical (unpaired) electrons. The number of nitrogens with one attached hydrogen (secondary N) is 2. The average molecular weight is 621 g/mol. The van der Waals surface area contributed by atoms with Gasteiger partial charge in [0.15, 0.2) is 5.82 Å². The van der Waals surface area contributed by atoms with Crippen molar-refractivity contribution in [2.45, 2.75) is 57.2 Å². The van der Waals surface area contributed by atoms with Crippen LogP contribution in [0, 0.1) is 17.2 Å². The maximum Gasteiger partial charge on any atom is 0.323 e. The molecule has 12 nitrogen and oxygen atoms in total. The molecule has 0 spiro atoms. The molecule has 2 fully saturated rings. The predicted octanol–water partition coefficient (Wildman–Crippen LogP) is 4.49. The first-order valence-electron chi connectivity index (χ1n) is 16.0. The first-order valence-corrected chi connectivity index (χ1v) is 16.0. The molecule has 12 heteroatoms. The van der Waals surface area contributed by atoms with Crippen LogP contribution in [0.25, 0.3) is 11.1 Å². The zero-order valence-corrected chi connectivity index (χ0v) is 26.1. The first-order chi connectivity index (χ1) is 22.5. The minimum atomic E-state index is -0.176. The Morgan fingerprint density at radius 2 is 1.87 bits per heavy atom. The monoisotopic (exact) mass is 620 g/mol. The molecule has 4 heterocycles. The highest BCUT2D eigenvalue weighted by molar-refractivity contribution is 5.91. The van der Waals surface area contributed by atoms with Gasteiger partial charge in [-0.15, -0.1) is 0 Å². The molecule has 3 aromatic heterocycles. The molecular formula is C34H40N10O2. The number of benzene rings is 1. The van der Waals surface area contributed by atoms with Gasteiger partial charge in [0.1, 0.15) is 17.5 Å². The van der Waals surface area contributed by atoms with E-state index in [9.17, 15) is 15.2 Å². The normalized spacial score (nSPS) is 19.7. The van der Waals surface area contributed by atoms with Gasteiger partial charge in [0.2, 0.25) is 5.95 Å². The van der Waals surface area contributed by atoms with Crippen LogP contribution in [0.1, 0.15) is 49.7 Å². The van der Waals surface area contributed by atoms with Gasteiger partial charge in [-0.1, -0.05) is 30.3 Å². The SMILES string of the molecule is Cn1cc(-c2ccc(N(C(=O)NCc3ccccc3)[C@H]3CC[C@H](Nc4ncc(C#N)c(N5CCCC(CO)C5)n4)CC3)nc2)cn1. The largest absolute Gasteiger partial charge is 0.396 e. The van der Waals surface area contributed by atoms with Crippen LogP contribution < -0.4 is 20.4 Å². The second kappa shape index (κ2) is 14.4. The van der Waals surface area contributed by atoms with E-state index < -0.39 is 0 Å². The number of rotatable bonds is 9. The van der Waals surface area contributed by atoms with E-state index >= 15 is 0 Å². The standard InChI is InChI=1S/C34H40N10O2/c1-42-22-28(20-39-42)26-9-14-31(36-18-26)44(34(46)38-17-24-6-3-2-4-7-24)30-12-10-29(11-13-30)40-33-37-19-27(16-35)32(41-33)43-15-5-8-25(21-43)23-45/h2-4,6-7,9,14,18-20,22,25,29-30,45H,5,8,10-13,15,17,21,23H2,1H3,(H,38,46)(H,37,40,41)/t25?,29-,30-. The lowest BCUT2D eigenvalue weighted by molar-refractivity contribution is 0.208. The first kappa shape index (κ1) is 31.0. The van der Waals surface area contributed by atoms with Crippen molar-refractivity contribution >= 4 is 23.6 Å².